The van der Waals surface area contributed by atoms with Gasteiger partial charge in [-0.15, -0.1) is 5.10 Å². The van der Waals surface area contributed by atoms with Gasteiger partial charge in [0.25, 0.3) is 0 Å². The van der Waals surface area contributed by atoms with E-state index >= 15 is 0 Å². The minimum absolute atomic E-state index is 0.119. The molecule has 0 aliphatic carbocycles. The number of nitrogens with one attached hydrogen (secondary N) is 1. The van der Waals surface area contributed by atoms with Gasteiger partial charge in [-0.3, -0.25) is 4.79 Å². The molecule has 0 saturated carbocycles. The van der Waals surface area contributed by atoms with Crippen molar-refractivity contribution in [2.24, 2.45) is 10.2 Å². The monoisotopic (exact) mass is 414 g/mol. The van der Waals surface area contributed by atoms with Gasteiger partial charge >= 0.3 is 6.18 Å². The summed E-state index contributed by atoms with van der Waals surface area (Å²) in [5.41, 5.74) is -0.253. The average Bonchev–Trinajstić information content (AvgIpc) is 3.02. The molecule has 6 nitrogen and oxygen atoms in total. The summed E-state index contributed by atoms with van der Waals surface area (Å²) in [7, 11) is 0. The zero-order chi connectivity index (χ0) is 19.4. The van der Waals surface area contributed by atoms with Crippen LogP contribution >= 0.6 is 23.4 Å². The van der Waals surface area contributed by atoms with E-state index in [2.05, 4.69) is 20.5 Å². The molecule has 2 heterocycles. The quantitative estimate of drug-likeness (QED) is 0.603. The molecular formula is C16H10ClF3N4O2S. The fourth-order valence-corrected chi connectivity index (χ4v) is 2.75. The summed E-state index contributed by atoms with van der Waals surface area (Å²) in [4.78, 5) is 14.6. The van der Waals surface area contributed by atoms with Crippen LogP contribution in [0.25, 0.3) is 0 Å². The van der Waals surface area contributed by atoms with E-state index in [1.807, 2.05) is 0 Å². The Balaban J connectivity index is 1.65. The summed E-state index contributed by atoms with van der Waals surface area (Å²) in [6.07, 6.45) is -2.40. The molecule has 1 aromatic heterocycles. The van der Waals surface area contributed by atoms with Crippen molar-refractivity contribution in [3.63, 3.8) is 0 Å². The van der Waals surface area contributed by atoms with Gasteiger partial charge in [-0.1, -0.05) is 23.4 Å². The van der Waals surface area contributed by atoms with Crippen LogP contribution in [0.3, 0.4) is 0 Å². The Labute approximate surface area is 160 Å². The summed E-state index contributed by atoms with van der Waals surface area (Å²) in [6.45, 7) is 0. The maximum absolute atomic E-state index is 12.6. The fourth-order valence-electron chi connectivity index (χ4n) is 1.92. The van der Waals surface area contributed by atoms with Crippen molar-refractivity contribution < 1.29 is 22.7 Å². The van der Waals surface area contributed by atoms with Crippen LogP contribution in [0.5, 0.6) is 11.6 Å². The van der Waals surface area contributed by atoms with Gasteiger partial charge in [0.2, 0.25) is 11.8 Å². The first-order valence-corrected chi connectivity index (χ1v) is 8.72. The topological polar surface area (TPSA) is 75.9 Å². The minimum Gasteiger partial charge on any atom is -0.438 e. The van der Waals surface area contributed by atoms with Gasteiger partial charge in [0.15, 0.2) is 5.17 Å². The summed E-state index contributed by atoms with van der Waals surface area (Å²) >= 11 is 7.06. The number of thioether (sulfide) groups is 1. The zero-order valence-electron chi connectivity index (χ0n) is 13.3. The van der Waals surface area contributed by atoms with Crippen molar-refractivity contribution in [1.82, 2.24) is 10.3 Å². The molecule has 2 aromatic rings. The van der Waals surface area contributed by atoms with Crippen LogP contribution in [0.1, 0.15) is 11.1 Å². The first kappa shape index (κ1) is 19.2. The van der Waals surface area contributed by atoms with E-state index in [4.69, 9.17) is 16.3 Å². The predicted octanol–water partition coefficient (Wildman–Crippen LogP) is 4.10. The van der Waals surface area contributed by atoms with Gasteiger partial charge in [0.05, 0.1) is 17.5 Å². The van der Waals surface area contributed by atoms with E-state index in [-0.39, 0.29) is 16.8 Å². The highest BCUT2D eigenvalue weighted by Gasteiger charge is 2.31. The third kappa shape index (κ3) is 5.20. The molecule has 1 aliphatic rings. The highest BCUT2D eigenvalue weighted by molar-refractivity contribution is 8.15. The smallest absolute Gasteiger partial charge is 0.417 e. The molecule has 1 amide bonds. The maximum Gasteiger partial charge on any atom is 0.417 e. The lowest BCUT2D eigenvalue weighted by atomic mass is 10.2. The Morgan fingerprint density at radius 2 is 2.04 bits per heavy atom. The number of carbonyl (C=O) groups is 1. The zero-order valence-corrected chi connectivity index (χ0v) is 14.9. The van der Waals surface area contributed by atoms with Crippen LogP contribution in [-0.2, 0) is 11.0 Å². The number of carbonyl (C=O) groups excluding carboxylic acids is 1. The van der Waals surface area contributed by atoms with Crippen molar-refractivity contribution in [1.29, 1.82) is 0 Å². The Morgan fingerprint density at radius 3 is 2.63 bits per heavy atom. The molecule has 1 N–H and O–H groups in total. The number of alkyl halides is 3. The maximum atomic E-state index is 12.6. The first-order valence-electron chi connectivity index (χ1n) is 7.35. The van der Waals surface area contributed by atoms with Crippen LogP contribution in [-0.4, -0.2) is 28.0 Å². The summed E-state index contributed by atoms with van der Waals surface area (Å²) < 4.78 is 43.2. The minimum atomic E-state index is -4.53. The van der Waals surface area contributed by atoms with E-state index < -0.39 is 11.7 Å². The summed E-state index contributed by atoms with van der Waals surface area (Å²) in [5, 5.41) is 10.5. The SMILES string of the molecule is O=C1CSC(=NN=Cc2ccc(Oc3ncc(C(F)(F)F)cc3Cl)cc2)N1. The van der Waals surface area contributed by atoms with Crippen LogP contribution in [0.15, 0.2) is 46.7 Å². The number of aromatic nitrogens is 1. The van der Waals surface area contributed by atoms with Gasteiger partial charge in [-0.25, -0.2) is 4.98 Å². The van der Waals surface area contributed by atoms with Gasteiger partial charge in [0, 0.05) is 6.20 Å². The van der Waals surface area contributed by atoms with Crippen LogP contribution in [0.2, 0.25) is 5.02 Å². The third-order valence-electron chi connectivity index (χ3n) is 3.17. The molecule has 1 saturated heterocycles. The Bertz CT molecular complexity index is 917. The van der Waals surface area contributed by atoms with Gasteiger partial charge in [-0.2, -0.15) is 18.3 Å². The largest absolute Gasteiger partial charge is 0.438 e. The van der Waals surface area contributed by atoms with Gasteiger partial charge < -0.3 is 10.1 Å². The third-order valence-corrected chi connectivity index (χ3v) is 4.31. The Kier molecular flexibility index (Phi) is 5.66. The lowest BCUT2D eigenvalue weighted by molar-refractivity contribution is -0.137. The number of halogens is 4. The highest BCUT2D eigenvalue weighted by Crippen LogP contribution is 2.34. The van der Waals surface area contributed by atoms with Gasteiger partial charge in [0.1, 0.15) is 10.8 Å². The Morgan fingerprint density at radius 1 is 1.30 bits per heavy atom. The molecule has 0 spiro atoms. The molecule has 0 atom stereocenters. The second-order valence-electron chi connectivity index (χ2n) is 5.17. The molecule has 0 bridgehead atoms. The molecular weight excluding hydrogens is 405 g/mol. The lowest BCUT2D eigenvalue weighted by Crippen LogP contribution is -2.19. The van der Waals surface area contributed by atoms with Crippen molar-refractivity contribution in [3.05, 3.63) is 52.7 Å². The number of nitrogens with zero attached hydrogens (tertiary/aromatic N) is 3. The number of hydrogen-bond donors (Lipinski definition) is 1. The van der Waals surface area contributed by atoms with Crippen LogP contribution in [0, 0.1) is 0 Å². The number of amidine groups is 1. The van der Waals surface area contributed by atoms with E-state index in [9.17, 15) is 18.0 Å². The molecule has 0 unspecified atom stereocenters. The fraction of sp³-hybridized carbons (Fsp3) is 0.125. The van der Waals surface area contributed by atoms with Crippen molar-refractivity contribution >= 4 is 40.7 Å². The molecule has 27 heavy (non-hydrogen) atoms. The molecule has 11 heteroatoms. The van der Waals surface area contributed by atoms with Crippen LogP contribution < -0.4 is 10.1 Å². The summed E-state index contributed by atoms with van der Waals surface area (Å²) in [6, 6.07) is 7.24. The molecule has 0 radical (unpaired) electrons. The number of benzene rings is 1. The Hall–Kier alpha value is -2.59. The van der Waals surface area contributed by atoms with E-state index in [0.29, 0.717) is 28.4 Å². The number of pyridine rings is 1. The molecule has 1 aliphatic heterocycles. The first-order chi connectivity index (χ1) is 12.8. The van der Waals surface area contributed by atoms with Crippen LogP contribution in [0.4, 0.5) is 13.2 Å². The van der Waals surface area contributed by atoms with Crippen molar-refractivity contribution in [2.45, 2.75) is 6.18 Å². The summed E-state index contributed by atoms with van der Waals surface area (Å²) in [5.74, 6) is 0.407. The standard InChI is InChI=1S/C16H10ClF3N4O2S/c17-12-5-10(16(18,19)20)7-21-14(12)26-11-3-1-9(2-4-11)6-22-24-15-23-13(25)8-27-15/h1-7H,8H2,(H,23,24,25). The number of rotatable bonds is 4. The normalized spacial score (nSPS) is 16.1. The molecule has 140 valence electrons. The van der Waals surface area contributed by atoms with E-state index in [1.54, 1.807) is 24.3 Å². The number of ether oxygens (including phenoxy) is 1. The highest BCUT2D eigenvalue weighted by atomic mass is 35.5. The number of hydrogen-bond acceptors (Lipinski definition) is 6. The second-order valence-corrected chi connectivity index (χ2v) is 6.54. The van der Waals surface area contributed by atoms with Crippen molar-refractivity contribution in [3.8, 4) is 11.6 Å². The van der Waals surface area contributed by atoms with Crippen molar-refractivity contribution in [2.75, 3.05) is 5.75 Å². The molecule has 1 fully saturated rings. The van der Waals surface area contributed by atoms with E-state index in [1.165, 1.54) is 18.0 Å². The lowest BCUT2D eigenvalue weighted by Gasteiger charge is -2.10. The van der Waals surface area contributed by atoms with Gasteiger partial charge in [-0.05, 0) is 35.9 Å². The average molecular weight is 415 g/mol. The predicted molar refractivity (Wildman–Crippen MR) is 96.4 cm³/mol. The number of amides is 1. The van der Waals surface area contributed by atoms with E-state index in [0.717, 1.165) is 6.07 Å². The second kappa shape index (κ2) is 7.97. The molecule has 1 aromatic carbocycles. The molecule has 3 rings (SSSR count).